The first-order valence-electron chi connectivity index (χ1n) is 9.40. The molecule has 31 heavy (non-hydrogen) atoms. The van der Waals surface area contributed by atoms with E-state index >= 15 is 0 Å². The Morgan fingerprint density at radius 3 is 2.55 bits per heavy atom. The lowest BCUT2D eigenvalue weighted by Gasteiger charge is -2.07. The number of esters is 1. The van der Waals surface area contributed by atoms with Crippen molar-refractivity contribution in [1.82, 2.24) is 14.9 Å². The van der Waals surface area contributed by atoms with Gasteiger partial charge in [-0.25, -0.2) is 4.98 Å². The topological polar surface area (TPSA) is 120 Å². The summed E-state index contributed by atoms with van der Waals surface area (Å²) >= 11 is 0. The smallest absolute Gasteiger partial charge is 0.326 e. The van der Waals surface area contributed by atoms with Gasteiger partial charge in [-0.05, 0) is 17.7 Å². The minimum atomic E-state index is -0.829. The van der Waals surface area contributed by atoms with Gasteiger partial charge >= 0.3 is 5.97 Å². The molecular formula is C22H17N3O6. The lowest BCUT2D eigenvalue weighted by atomic mass is 10.1. The number of hydrogen-bond acceptors (Lipinski definition) is 7. The molecule has 0 spiro atoms. The molecule has 4 rings (SSSR count). The molecule has 0 aliphatic rings. The number of carbonyl (C=O) groups excluding carboxylic acids is 3. The number of hydrogen-bond donors (Lipinski definition) is 1. The van der Waals surface area contributed by atoms with E-state index in [2.05, 4.69) is 10.3 Å². The van der Waals surface area contributed by atoms with Gasteiger partial charge in [-0.2, -0.15) is 0 Å². The molecule has 0 radical (unpaired) electrons. The van der Waals surface area contributed by atoms with Crippen molar-refractivity contribution in [2.45, 2.75) is 13.0 Å². The number of furan rings is 1. The standard InChI is InChI=1S/C22H17N3O6/c26-17(10-14-6-2-1-3-7-14)24-18(27)12-30-19(28)11-25-13-23-20-15-8-4-5-9-16(15)31-21(20)22(25)29/h1-9,13H,10-12H2,(H,24,26,27). The number of aromatic nitrogens is 2. The van der Waals surface area contributed by atoms with Gasteiger partial charge in [-0.15, -0.1) is 0 Å². The van der Waals surface area contributed by atoms with Gasteiger partial charge in [-0.1, -0.05) is 42.5 Å². The zero-order valence-corrected chi connectivity index (χ0v) is 16.2. The van der Waals surface area contributed by atoms with E-state index < -0.39 is 36.5 Å². The van der Waals surface area contributed by atoms with Crippen LogP contribution in [0.15, 0.2) is 70.1 Å². The summed E-state index contributed by atoms with van der Waals surface area (Å²) < 4.78 is 11.4. The van der Waals surface area contributed by atoms with Gasteiger partial charge < -0.3 is 9.15 Å². The second-order valence-corrected chi connectivity index (χ2v) is 6.75. The van der Waals surface area contributed by atoms with E-state index in [4.69, 9.17) is 9.15 Å². The summed E-state index contributed by atoms with van der Waals surface area (Å²) in [4.78, 5) is 52.5. The second-order valence-electron chi connectivity index (χ2n) is 6.75. The van der Waals surface area contributed by atoms with Crippen LogP contribution in [0.2, 0.25) is 0 Å². The van der Waals surface area contributed by atoms with Crippen LogP contribution in [0.5, 0.6) is 0 Å². The lowest BCUT2D eigenvalue weighted by Crippen LogP contribution is -2.35. The van der Waals surface area contributed by atoms with E-state index in [1.165, 1.54) is 6.33 Å². The first-order valence-corrected chi connectivity index (χ1v) is 9.40. The van der Waals surface area contributed by atoms with Crippen molar-refractivity contribution in [3.8, 4) is 0 Å². The van der Waals surface area contributed by atoms with Gasteiger partial charge in [0.2, 0.25) is 11.5 Å². The van der Waals surface area contributed by atoms with Crippen molar-refractivity contribution >= 4 is 39.9 Å². The van der Waals surface area contributed by atoms with E-state index in [1.807, 2.05) is 6.07 Å². The fraction of sp³-hybridized carbons (Fsp3) is 0.136. The van der Waals surface area contributed by atoms with E-state index in [0.717, 1.165) is 10.1 Å². The van der Waals surface area contributed by atoms with Crippen LogP contribution in [0, 0.1) is 0 Å². The predicted octanol–water partition coefficient (Wildman–Crippen LogP) is 1.57. The molecule has 156 valence electrons. The maximum atomic E-state index is 12.6. The summed E-state index contributed by atoms with van der Waals surface area (Å²) in [6.07, 6.45) is 1.25. The summed E-state index contributed by atoms with van der Waals surface area (Å²) in [5.41, 5.74) is 1.15. The molecule has 0 atom stereocenters. The van der Waals surface area contributed by atoms with E-state index in [0.29, 0.717) is 16.5 Å². The van der Waals surface area contributed by atoms with Crippen molar-refractivity contribution < 1.29 is 23.5 Å². The van der Waals surface area contributed by atoms with Crippen LogP contribution in [0.1, 0.15) is 5.56 Å². The number of rotatable bonds is 6. The van der Waals surface area contributed by atoms with Gasteiger partial charge in [0, 0.05) is 5.39 Å². The molecule has 0 bridgehead atoms. The Hall–Kier alpha value is -4.27. The monoisotopic (exact) mass is 419 g/mol. The molecule has 0 unspecified atom stereocenters. The molecule has 2 amide bonds. The number of carbonyl (C=O) groups is 3. The minimum absolute atomic E-state index is 0.0269. The number of amides is 2. The molecule has 2 heterocycles. The number of imide groups is 1. The summed E-state index contributed by atoms with van der Waals surface area (Å²) in [6.45, 7) is -1.10. The van der Waals surface area contributed by atoms with Crippen LogP contribution in [0.3, 0.4) is 0 Å². The normalized spacial score (nSPS) is 10.8. The summed E-state index contributed by atoms with van der Waals surface area (Å²) in [5, 5.41) is 2.84. The van der Waals surface area contributed by atoms with E-state index in [9.17, 15) is 19.2 Å². The average Bonchev–Trinajstić information content (AvgIpc) is 3.14. The fourth-order valence-corrected chi connectivity index (χ4v) is 3.08. The van der Waals surface area contributed by atoms with Crippen LogP contribution in [-0.2, 0) is 32.1 Å². The van der Waals surface area contributed by atoms with E-state index in [1.54, 1.807) is 48.5 Å². The first-order chi connectivity index (χ1) is 15.0. The molecular weight excluding hydrogens is 402 g/mol. The Labute approximate surface area is 175 Å². The summed E-state index contributed by atoms with van der Waals surface area (Å²) in [5.74, 6) is -2.10. The highest BCUT2D eigenvalue weighted by molar-refractivity contribution is 6.01. The van der Waals surface area contributed by atoms with E-state index in [-0.39, 0.29) is 12.0 Å². The zero-order valence-electron chi connectivity index (χ0n) is 16.2. The predicted molar refractivity (Wildman–Crippen MR) is 110 cm³/mol. The third-order valence-corrected chi connectivity index (χ3v) is 4.50. The van der Waals surface area contributed by atoms with Crippen molar-refractivity contribution in [3.05, 3.63) is 76.8 Å². The van der Waals surface area contributed by atoms with Crippen LogP contribution in [0.4, 0.5) is 0 Å². The number of nitrogens with zero attached hydrogens (tertiary/aromatic N) is 2. The highest BCUT2D eigenvalue weighted by Crippen LogP contribution is 2.23. The second kappa shape index (κ2) is 8.62. The highest BCUT2D eigenvalue weighted by Gasteiger charge is 2.16. The minimum Gasteiger partial charge on any atom is -0.454 e. The number of nitrogens with one attached hydrogen (secondary N) is 1. The van der Waals surface area contributed by atoms with Gasteiger partial charge in [-0.3, -0.25) is 29.1 Å². The molecule has 0 fully saturated rings. The largest absolute Gasteiger partial charge is 0.454 e. The molecule has 9 heteroatoms. The van der Waals surface area contributed by atoms with Crippen LogP contribution in [-0.4, -0.2) is 33.9 Å². The molecule has 2 aromatic heterocycles. The van der Waals surface area contributed by atoms with Crippen molar-refractivity contribution in [1.29, 1.82) is 0 Å². The quantitative estimate of drug-likeness (QED) is 0.471. The van der Waals surface area contributed by atoms with Crippen molar-refractivity contribution in [2.24, 2.45) is 0 Å². The van der Waals surface area contributed by atoms with Crippen molar-refractivity contribution in [2.75, 3.05) is 6.61 Å². The van der Waals surface area contributed by atoms with Crippen LogP contribution >= 0.6 is 0 Å². The number of fused-ring (bicyclic) bond motifs is 3. The Morgan fingerprint density at radius 1 is 1.00 bits per heavy atom. The third kappa shape index (κ3) is 4.50. The number of para-hydroxylation sites is 1. The molecule has 4 aromatic rings. The van der Waals surface area contributed by atoms with Crippen molar-refractivity contribution in [3.63, 3.8) is 0 Å². The molecule has 0 aliphatic carbocycles. The molecule has 0 aliphatic heterocycles. The SMILES string of the molecule is O=C(COC(=O)Cn1cnc2c(oc3ccccc32)c1=O)NC(=O)Cc1ccccc1. The molecule has 1 N–H and O–H groups in total. The van der Waals surface area contributed by atoms with Crippen LogP contribution < -0.4 is 10.9 Å². The maximum Gasteiger partial charge on any atom is 0.326 e. The molecule has 2 aromatic carbocycles. The lowest BCUT2D eigenvalue weighted by molar-refractivity contribution is -0.150. The van der Waals surface area contributed by atoms with Crippen LogP contribution in [0.25, 0.3) is 22.1 Å². The summed E-state index contributed by atoms with van der Waals surface area (Å²) in [7, 11) is 0. The van der Waals surface area contributed by atoms with Gasteiger partial charge in [0.1, 0.15) is 17.6 Å². The Bertz CT molecular complexity index is 1340. The molecule has 0 saturated carbocycles. The van der Waals surface area contributed by atoms with Gasteiger partial charge in [0.25, 0.3) is 11.5 Å². The molecule has 9 nitrogen and oxygen atoms in total. The Kier molecular flexibility index (Phi) is 5.57. The number of benzene rings is 2. The Morgan fingerprint density at radius 2 is 1.74 bits per heavy atom. The highest BCUT2D eigenvalue weighted by atomic mass is 16.5. The average molecular weight is 419 g/mol. The first kappa shape index (κ1) is 20.0. The maximum absolute atomic E-state index is 12.6. The third-order valence-electron chi connectivity index (χ3n) is 4.50. The Balaban J connectivity index is 1.34. The molecule has 0 saturated heterocycles. The fourth-order valence-electron chi connectivity index (χ4n) is 3.08. The van der Waals surface area contributed by atoms with Gasteiger partial charge in [0.15, 0.2) is 6.61 Å². The van der Waals surface area contributed by atoms with Gasteiger partial charge in [0.05, 0.1) is 12.7 Å². The number of ether oxygens (including phenoxy) is 1. The zero-order chi connectivity index (χ0) is 21.8. The summed E-state index contributed by atoms with van der Waals surface area (Å²) in [6, 6.07) is 16.0.